The van der Waals surface area contributed by atoms with E-state index in [0.717, 1.165) is 15.2 Å². The van der Waals surface area contributed by atoms with Crippen LogP contribution in [-0.2, 0) is 0 Å². The van der Waals surface area contributed by atoms with Gasteiger partial charge in [0.2, 0.25) is 0 Å². The maximum atomic E-state index is 10.7. The fraction of sp³-hybridized carbons (Fsp3) is 0. The van der Waals surface area contributed by atoms with Crippen LogP contribution in [0, 0.1) is 0 Å². The Labute approximate surface area is 108 Å². The molecule has 0 fully saturated rings. The first-order valence-corrected chi connectivity index (χ1v) is 4.89. The molecule has 15 heavy (non-hydrogen) atoms. The second-order valence-corrected chi connectivity index (χ2v) is 3.84. The average molecular weight is 321 g/mol. The van der Waals surface area contributed by atoms with Crippen LogP contribution in [0.5, 0.6) is 0 Å². The van der Waals surface area contributed by atoms with Crippen molar-refractivity contribution in [2.24, 2.45) is 0 Å². The number of halogens is 1. The summed E-state index contributed by atoms with van der Waals surface area (Å²) in [6, 6.07) is 10.8. The molecule has 0 spiro atoms. The number of rotatable bonds is 1. The zero-order chi connectivity index (χ0) is 10.1. The van der Waals surface area contributed by atoms with Crippen LogP contribution in [0.3, 0.4) is 0 Å². The van der Waals surface area contributed by atoms with E-state index in [1.165, 1.54) is 0 Å². The molecule has 1 N–H and O–H groups in total. The number of fused-ring (bicyclic) bond motifs is 1. The second-order valence-electron chi connectivity index (χ2n) is 2.98. The molecule has 0 unspecified atom stereocenters. The fourth-order valence-electron chi connectivity index (χ4n) is 1.38. The van der Waals surface area contributed by atoms with Gasteiger partial charge in [0.05, 0.1) is 5.56 Å². The third-order valence-electron chi connectivity index (χ3n) is 2.07. The van der Waals surface area contributed by atoms with Gasteiger partial charge in [-0.3, -0.25) is 0 Å². The zero-order valence-corrected chi connectivity index (χ0v) is 11.8. The van der Waals surface area contributed by atoms with Crippen LogP contribution in [0.1, 0.15) is 10.4 Å². The van der Waals surface area contributed by atoms with Crippen LogP contribution in [-0.4, -0.2) is 30.9 Å². The maximum absolute atomic E-state index is 10.7. The van der Waals surface area contributed by atoms with E-state index in [2.05, 4.69) is 15.9 Å². The topological polar surface area (TPSA) is 37.3 Å². The van der Waals surface area contributed by atoms with Gasteiger partial charge in [-0.2, -0.15) is 0 Å². The van der Waals surface area contributed by atoms with Gasteiger partial charge in [0.25, 0.3) is 0 Å². The van der Waals surface area contributed by atoms with E-state index >= 15 is 0 Å². The summed E-state index contributed by atoms with van der Waals surface area (Å²) >= 11 is 3.41. The van der Waals surface area contributed by atoms with Gasteiger partial charge < -0.3 is 5.11 Å². The number of aromatic carboxylic acids is 1. The molecule has 0 heterocycles. The van der Waals surface area contributed by atoms with Gasteiger partial charge in [-0.05, 0) is 29.0 Å². The van der Waals surface area contributed by atoms with Crippen molar-refractivity contribution < 1.29 is 9.90 Å². The minimum Gasteiger partial charge on any atom is -0.478 e. The minimum absolute atomic E-state index is 0. The summed E-state index contributed by atoms with van der Waals surface area (Å²) < 4.78 is 0.979. The Morgan fingerprint density at radius 3 is 2.60 bits per heavy atom. The molecule has 4 heteroatoms. The van der Waals surface area contributed by atoms with Crippen molar-refractivity contribution in [1.29, 1.82) is 0 Å². The van der Waals surface area contributed by atoms with E-state index < -0.39 is 5.97 Å². The summed E-state index contributed by atoms with van der Waals surface area (Å²) in [5, 5.41) is 10.8. The van der Waals surface area contributed by atoms with Crippen molar-refractivity contribution in [3.63, 3.8) is 0 Å². The summed E-state index contributed by atoms with van der Waals surface area (Å²) in [6.07, 6.45) is 0. The Balaban J connectivity index is 0.00000112. The van der Waals surface area contributed by atoms with Gasteiger partial charge in [0.1, 0.15) is 0 Å². The summed E-state index contributed by atoms with van der Waals surface area (Å²) in [6.45, 7) is 0. The molecule has 2 rings (SSSR count). The van der Waals surface area contributed by atoms with Crippen LogP contribution in [0.4, 0.5) is 0 Å². The van der Waals surface area contributed by atoms with E-state index in [9.17, 15) is 4.79 Å². The van der Waals surface area contributed by atoms with Gasteiger partial charge in [0, 0.05) is 24.3 Å². The molecular formula is C11H7BrGaO2. The first kappa shape index (κ1) is 12.4. The molecule has 73 valence electrons. The van der Waals surface area contributed by atoms with Crippen molar-refractivity contribution in [1.82, 2.24) is 0 Å². The molecule has 0 saturated carbocycles. The monoisotopic (exact) mass is 319 g/mol. The van der Waals surface area contributed by atoms with E-state index in [1.807, 2.05) is 24.3 Å². The molecular weight excluding hydrogens is 314 g/mol. The molecule has 0 aromatic heterocycles. The predicted molar refractivity (Wildman–Crippen MR) is 64.4 cm³/mol. The number of carbonyl (C=O) groups is 1. The quantitative estimate of drug-likeness (QED) is 0.820. The van der Waals surface area contributed by atoms with Crippen LogP contribution in [0.25, 0.3) is 10.8 Å². The smallest absolute Gasteiger partial charge is 0.335 e. The molecule has 0 atom stereocenters. The van der Waals surface area contributed by atoms with Gasteiger partial charge >= 0.3 is 5.97 Å². The Kier molecular flexibility index (Phi) is 4.01. The second kappa shape index (κ2) is 4.87. The molecule has 0 saturated heterocycles. The molecule has 2 nitrogen and oxygen atoms in total. The molecule has 0 aliphatic carbocycles. The van der Waals surface area contributed by atoms with Crippen molar-refractivity contribution in [3.8, 4) is 0 Å². The summed E-state index contributed by atoms with van der Waals surface area (Å²) in [7, 11) is 0. The van der Waals surface area contributed by atoms with E-state index in [-0.39, 0.29) is 19.8 Å². The Morgan fingerprint density at radius 1 is 1.20 bits per heavy atom. The molecule has 2 aromatic carbocycles. The summed E-state index contributed by atoms with van der Waals surface area (Å²) in [4.78, 5) is 10.7. The summed E-state index contributed by atoms with van der Waals surface area (Å²) in [5.74, 6) is -0.896. The Hall–Kier alpha value is -0.714. The van der Waals surface area contributed by atoms with Gasteiger partial charge in [0.15, 0.2) is 0 Å². The molecule has 0 aliphatic rings. The van der Waals surface area contributed by atoms with Crippen LogP contribution >= 0.6 is 15.9 Å². The van der Waals surface area contributed by atoms with Crippen LogP contribution < -0.4 is 0 Å². The zero-order valence-electron chi connectivity index (χ0n) is 7.77. The average Bonchev–Trinajstić information content (AvgIpc) is 2.17. The van der Waals surface area contributed by atoms with E-state index in [4.69, 9.17) is 5.11 Å². The van der Waals surface area contributed by atoms with E-state index in [0.29, 0.717) is 5.56 Å². The molecule has 0 bridgehead atoms. The standard InChI is InChI=1S/C11H7BrO2.Ga/c12-10-3-1-2-7-6-8(11(13)14)4-5-9(7)10;/h1-6H,(H,13,14);. The Morgan fingerprint density at radius 2 is 1.93 bits per heavy atom. The number of hydrogen-bond acceptors (Lipinski definition) is 1. The number of benzene rings is 2. The number of carboxylic acids is 1. The molecule has 0 aliphatic heterocycles. The fourth-order valence-corrected chi connectivity index (χ4v) is 1.89. The van der Waals surface area contributed by atoms with Crippen LogP contribution in [0.2, 0.25) is 0 Å². The van der Waals surface area contributed by atoms with Crippen molar-refractivity contribution in [2.75, 3.05) is 0 Å². The maximum Gasteiger partial charge on any atom is 0.335 e. The van der Waals surface area contributed by atoms with Crippen molar-refractivity contribution in [3.05, 3.63) is 46.4 Å². The van der Waals surface area contributed by atoms with Gasteiger partial charge in [-0.15, -0.1) is 0 Å². The summed E-state index contributed by atoms with van der Waals surface area (Å²) in [5.41, 5.74) is 0.315. The normalized spacial score (nSPS) is 9.67. The predicted octanol–water partition coefficient (Wildman–Crippen LogP) is 2.92. The van der Waals surface area contributed by atoms with E-state index in [1.54, 1.807) is 12.1 Å². The number of hydrogen-bond donors (Lipinski definition) is 1. The Bertz CT molecular complexity index is 511. The number of carboxylic acid groups (broad SMARTS) is 1. The first-order chi connectivity index (χ1) is 6.68. The first-order valence-electron chi connectivity index (χ1n) is 4.10. The third kappa shape index (κ3) is 2.45. The van der Waals surface area contributed by atoms with Crippen LogP contribution in [0.15, 0.2) is 40.9 Å². The van der Waals surface area contributed by atoms with Crippen molar-refractivity contribution >= 4 is 52.5 Å². The minimum atomic E-state index is -0.896. The third-order valence-corrected chi connectivity index (χ3v) is 2.77. The molecule has 0 amide bonds. The molecule has 3 radical (unpaired) electrons. The SMILES string of the molecule is O=C(O)c1ccc2c(Br)cccc2c1.[Ga]. The molecule has 2 aromatic rings. The largest absolute Gasteiger partial charge is 0.478 e. The van der Waals surface area contributed by atoms with Gasteiger partial charge in [-0.1, -0.05) is 34.1 Å². The van der Waals surface area contributed by atoms with Gasteiger partial charge in [-0.25, -0.2) is 4.79 Å². The van der Waals surface area contributed by atoms with Crippen molar-refractivity contribution in [2.45, 2.75) is 0 Å².